The van der Waals surface area contributed by atoms with Crippen LogP contribution in [0.3, 0.4) is 0 Å². The summed E-state index contributed by atoms with van der Waals surface area (Å²) in [7, 11) is 1.57. The van der Waals surface area contributed by atoms with Crippen LogP contribution in [-0.4, -0.2) is 32.0 Å². The number of para-hydroxylation sites is 1. The fourth-order valence-electron chi connectivity index (χ4n) is 3.23. The van der Waals surface area contributed by atoms with E-state index < -0.39 is 0 Å². The molecule has 0 bridgehead atoms. The first-order chi connectivity index (χ1) is 11.7. The van der Waals surface area contributed by atoms with E-state index in [1.165, 1.54) is 5.56 Å². The van der Waals surface area contributed by atoms with Crippen molar-refractivity contribution in [2.75, 3.05) is 25.0 Å². The number of amides is 2. The van der Waals surface area contributed by atoms with Crippen molar-refractivity contribution < 1.29 is 9.59 Å². The highest BCUT2D eigenvalue weighted by atomic mass is 16.2. The Balaban J connectivity index is 1.92. The summed E-state index contributed by atoms with van der Waals surface area (Å²) in [6, 6.07) is 14.8. The SMILES string of the molecule is CNC(=O)c1cccc(C(=O)N2CC(CCN)c3ccccc32)c1. The molecule has 5 nitrogen and oxygen atoms in total. The fraction of sp³-hybridized carbons (Fsp3) is 0.263. The number of nitrogens with one attached hydrogen (secondary N) is 1. The Morgan fingerprint density at radius 3 is 2.67 bits per heavy atom. The summed E-state index contributed by atoms with van der Waals surface area (Å²) in [6.07, 6.45) is 0.846. The van der Waals surface area contributed by atoms with Crippen LogP contribution in [0.4, 0.5) is 5.69 Å². The summed E-state index contributed by atoms with van der Waals surface area (Å²) in [5.41, 5.74) is 8.81. The number of carbonyl (C=O) groups is 2. The molecule has 0 fully saturated rings. The molecule has 3 N–H and O–H groups in total. The fourth-order valence-corrected chi connectivity index (χ4v) is 3.23. The minimum absolute atomic E-state index is 0.0901. The second-order valence-electron chi connectivity index (χ2n) is 5.91. The lowest BCUT2D eigenvalue weighted by atomic mass is 9.98. The van der Waals surface area contributed by atoms with Gasteiger partial charge in [0.2, 0.25) is 0 Å². The molecule has 24 heavy (non-hydrogen) atoms. The van der Waals surface area contributed by atoms with E-state index in [1.807, 2.05) is 18.2 Å². The van der Waals surface area contributed by atoms with Crippen molar-refractivity contribution in [3.8, 4) is 0 Å². The molecule has 0 spiro atoms. The molecule has 1 atom stereocenters. The van der Waals surface area contributed by atoms with Crippen LogP contribution >= 0.6 is 0 Å². The van der Waals surface area contributed by atoms with E-state index in [1.54, 1.807) is 36.2 Å². The Hall–Kier alpha value is -2.66. The van der Waals surface area contributed by atoms with E-state index >= 15 is 0 Å². The summed E-state index contributed by atoms with van der Waals surface area (Å²) in [4.78, 5) is 26.6. The number of fused-ring (bicyclic) bond motifs is 1. The van der Waals surface area contributed by atoms with Gasteiger partial charge in [-0.15, -0.1) is 0 Å². The third-order valence-electron chi connectivity index (χ3n) is 4.43. The highest BCUT2D eigenvalue weighted by Crippen LogP contribution is 2.38. The first kappa shape index (κ1) is 16.2. The maximum Gasteiger partial charge on any atom is 0.258 e. The Labute approximate surface area is 141 Å². The largest absolute Gasteiger partial charge is 0.355 e. The van der Waals surface area contributed by atoms with Gasteiger partial charge >= 0.3 is 0 Å². The third kappa shape index (κ3) is 2.90. The lowest BCUT2D eigenvalue weighted by molar-refractivity contribution is 0.0963. The molecule has 0 saturated heterocycles. The van der Waals surface area contributed by atoms with Crippen LogP contribution in [0.15, 0.2) is 48.5 Å². The van der Waals surface area contributed by atoms with Crippen LogP contribution in [-0.2, 0) is 0 Å². The Kier molecular flexibility index (Phi) is 4.62. The third-order valence-corrected chi connectivity index (χ3v) is 4.43. The number of hydrogen-bond acceptors (Lipinski definition) is 3. The van der Waals surface area contributed by atoms with E-state index in [0.29, 0.717) is 24.2 Å². The molecule has 1 unspecified atom stereocenters. The lowest BCUT2D eigenvalue weighted by Gasteiger charge is -2.18. The van der Waals surface area contributed by atoms with Gasteiger partial charge in [-0.1, -0.05) is 24.3 Å². The van der Waals surface area contributed by atoms with Crippen molar-refractivity contribution in [1.82, 2.24) is 5.32 Å². The minimum Gasteiger partial charge on any atom is -0.355 e. The standard InChI is InChI=1S/C19H21N3O2/c1-21-18(23)13-5-4-6-14(11-13)19(24)22-12-15(9-10-20)16-7-2-3-8-17(16)22/h2-8,11,15H,9-10,12,20H2,1H3,(H,21,23). The summed E-state index contributed by atoms with van der Waals surface area (Å²) < 4.78 is 0. The maximum atomic E-state index is 13.0. The van der Waals surface area contributed by atoms with Gasteiger partial charge in [0.25, 0.3) is 11.8 Å². The molecule has 1 aliphatic heterocycles. The molecule has 0 aliphatic carbocycles. The number of anilines is 1. The average Bonchev–Trinajstić information content (AvgIpc) is 3.00. The highest BCUT2D eigenvalue weighted by molar-refractivity contribution is 6.08. The average molecular weight is 323 g/mol. The molecule has 3 rings (SSSR count). The van der Waals surface area contributed by atoms with Crippen molar-refractivity contribution in [2.45, 2.75) is 12.3 Å². The number of rotatable bonds is 4. The Morgan fingerprint density at radius 2 is 1.92 bits per heavy atom. The Bertz CT molecular complexity index is 773. The van der Waals surface area contributed by atoms with Crippen LogP contribution in [0, 0.1) is 0 Å². The predicted molar refractivity (Wildman–Crippen MR) is 94.4 cm³/mol. The van der Waals surface area contributed by atoms with Crippen LogP contribution in [0.5, 0.6) is 0 Å². The van der Waals surface area contributed by atoms with Gasteiger partial charge in [-0.05, 0) is 42.8 Å². The van der Waals surface area contributed by atoms with Crippen LogP contribution in [0.25, 0.3) is 0 Å². The van der Waals surface area contributed by atoms with E-state index in [9.17, 15) is 9.59 Å². The van der Waals surface area contributed by atoms with Crippen LogP contribution in [0.1, 0.15) is 38.6 Å². The number of nitrogens with zero attached hydrogens (tertiary/aromatic N) is 1. The van der Waals surface area contributed by atoms with Gasteiger partial charge in [0, 0.05) is 36.3 Å². The smallest absolute Gasteiger partial charge is 0.258 e. The second kappa shape index (κ2) is 6.84. The first-order valence-electron chi connectivity index (χ1n) is 8.08. The minimum atomic E-state index is -0.201. The molecule has 0 aromatic heterocycles. The van der Waals surface area contributed by atoms with E-state index in [4.69, 9.17) is 5.73 Å². The van der Waals surface area contributed by atoms with Gasteiger partial charge in [0.15, 0.2) is 0 Å². The predicted octanol–water partition coefficient (Wildman–Crippen LogP) is 2.14. The van der Waals surface area contributed by atoms with Gasteiger partial charge < -0.3 is 16.0 Å². The van der Waals surface area contributed by atoms with E-state index in [2.05, 4.69) is 11.4 Å². The molecule has 0 radical (unpaired) electrons. The highest BCUT2D eigenvalue weighted by Gasteiger charge is 2.32. The maximum absolute atomic E-state index is 13.0. The van der Waals surface area contributed by atoms with Gasteiger partial charge in [0.1, 0.15) is 0 Å². The second-order valence-corrected chi connectivity index (χ2v) is 5.91. The molecule has 5 heteroatoms. The van der Waals surface area contributed by atoms with E-state index in [-0.39, 0.29) is 17.7 Å². The van der Waals surface area contributed by atoms with Crippen LogP contribution < -0.4 is 16.0 Å². The summed E-state index contributed by atoms with van der Waals surface area (Å²) in [6.45, 7) is 1.22. The molecular formula is C19H21N3O2. The van der Waals surface area contributed by atoms with E-state index in [0.717, 1.165) is 12.1 Å². The molecule has 1 heterocycles. The number of benzene rings is 2. The van der Waals surface area contributed by atoms with Crippen molar-refractivity contribution in [3.05, 3.63) is 65.2 Å². The zero-order valence-electron chi connectivity index (χ0n) is 13.7. The Morgan fingerprint density at radius 1 is 1.17 bits per heavy atom. The zero-order valence-corrected chi connectivity index (χ0v) is 13.7. The van der Waals surface area contributed by atoms with Gasteiger partial charge in [-0.25, -0.2) is 0 Å². The van der Waals surface area contributed by atoms with Crippen molar-refractivity contribution in [1.29, 1.82) is 0 Å². The summed E-state index contributed by atoms with van der Waals surface area (Å²) in [5, 5.41) is 2.58. The van der Waals surface area contributed by atoms with Crippen molar-refractivity contribution >= 4 is 17.5 Å². The molecule has 124 valence electrons. The molecular weight excluding hydrogens is 302 g/mol. The zero-order chi connectivity index (χ0) is 17.1. The number of carbonyl (C=O) groups excluding carboxylic acids is 2. The van der Waals surface area contributed by atoms with Gasteiger partial charge in [0.05, 0.1) is 0 Å². The first-order valence-corrected chi connectivity index (χ1v) is 8.08. The van der Waals surface area contributed by atoms with Crippen LogP contribution in [0.2, 0.25) is 0 Å². The number of nitrogens with two attached hydrogens (primary N) is 1. The topological polar surface area (TPSA) is 75.4 Å². The van der Waals surface area contributed by atoms with Gasteiger partial charge in [-0.3, -0.25) is 9.59 Å². The summed E-state index contributed by atoms with van der Waals surface area (Å²) >= 11 is 0. The molecule has 2 aromatic rings. The lowest BCUT2D eigenvalue weighted by Crippen LogP contribution is -2.30. The van der Waals surface area contributed by atoms with Gasteiger partial charge in [-0.2, -0.15) is 0 Å². The normalized spacial score (nSPS) is 15.9. The van der Waals surface area contributed by atoms with Crippen molar-refractivity contribution in [3.63, 3.8) is 0 Å². The molecule has 2 aromatic carbocycles. The van der Waals surface area contributed by atoms with Crippen molar-refractivity contribution in [2.24, 2.45) is 5.73 Å². The molecule has 1 aliphatic rings. The quantitative estimate of drug-likeness (QED) is 0.905. The number of hydrogen-bond donors (Lipinski definition) is 2. The summed E-state index contributed by atoms with van der Waals surface area (Å²) in [5.74, 6) is -0.0301. The molecule has 0 saturated carbocycles. The molecule has 2 amide bonds. The monoisotopic (exact) mass is 323 g/mol.